The molecule has 4 rings (SSSR count). The summed E-state index contributed by atoms with van der Waals surface area (Å²) in [7, 11) is 0. The van der Waals surface area contributed by atoms with Gasteiger partial charge in [0.05, 0.1) is 12.1 Å². The van der Waals surface area contributed by atoms with Crippen LogP contribution in [0.2, 0.25) is 0 Å². The number of phenols is 1. The van der Waals surface area contributed by atoms with Crippen LogP contribution in [-0.2, 0) is 22.4 Å². The van der Waals surface area contributed by atoms with Gasteiger partial charge in [-0.2, -0.15) is 0 Å². The van der Waals surface area contributed by atoms with Crippen molar-refractivity contribution in [2.75, 3.05) is 6.61 Å². The van der Waals surface area contributed by atoms with Gasteiger partial charge in [0.25, 0.3) is 0 Å². The van der Waals surface area contributed by atoms with Gasteiger partial charge >= 0.3 is 5.97 Å². The van der Waals surface area contributed by atoms with Crippen molar-refractivity contribution in [3.05, 3.63) is 102 Å². The van der Waals surface area contributed by atoms with Crippen LogP contribution in [0.3, 0.4) is 0 Å². The number of hydrogen-bond acceptors (Lipinski definition) is 3. The summed E-state index contributed by atoms with van der Waals surface area (Å²) >= 11 is 0. The lowest BCUT2D eigenvalue weighted by Gasteiger charge is -2.06. The lowest BCUT2D eigenvalue weighted by molar-refractivity contribution is -0.137. The van der Waals surface area contributed by atoms with Crippen LogP contribution in [0.15, 0.2) is 85.1 Å². The highest BCUT2D eigenvalue weighted by Gasteiger charge is 2.11. The molecule has 0 unspecified atom stereocenters. The second kappa shape index (κ2) is 9.35. The first kappa shape index (κ1) is 20.5. The van der Waals surface area contributed by atoms with Crippen molar-refractivity contribution in [2.45, 2.75) is 19.8 Å². The van der Waals surface area contributed by atoms with Crippen LogP contribution in [0, 0.1) is 0 Å². The Morgan fingerprint density at radius 3 is 2.52 bits per heavy atom. The molecule has 1 heterocycles. The molecular formula is C27H25NO3. The molecule has 0 aliphatic carbocycles. The molecule has 0 saturated carbocycles. The van der Waals surface area contributed by atoms with Crippen molar-refractivity contribution < 1.29 is 14.6 Å². The average Bonchev–Trinajstić information content (AvgIpc) is 3.15. The normalized spacial score (nSPS) is 11.3. The summed E-state index contributed by atoms with van der Waals surface area (Å²) in [4.78, 5) is 11.7. The van der Waals surface area contributed by atoms with Gasteiger partial charge in [-0.05, 0) is 78.9 Å². The molecule has 0 spiro atoms. The molecule has 0 fully saturated rings. The van der Waals surface area contributed by atoms with E-state index in [1.165, 1.54) is 17.2 Å². The monoisotopic (exact) mass is 411 g/mol. The zero-order valence-electron chi connectivity index (χ0n) is 17.5. The quantitative estimate of drug-likeness (QED) is 0.314. The number of benzene rings is 3. The van der Waals surface area contributed by atoms with E-state index >= 15 is 0 Å². The molecule has 0 radical (unpaired) electrons. The third kappa shape index (κ3) is 4.86. The van der Waals surface area contributed by atoms with Gasteiger partial charge < -0.3 is 14.4 Å². The third-order valence-electron chi connectivity index (χ3n) is 5.26. The Balaban J connectivity index is 1.72. The number of fused-ring (bicyclic) bond motifs is 1. The standard InChI is InChI=1S/C27H25NO3/c1-2-31-27(30)17-10-21-9-16-26-25(18-21)22(11-8-20-6-4-3-5-7-20)19-28(26)23-12-14-24(29)15-13-23/h3-7,9-10,12-19,29H,2,8,11H2,1H3. The fraction of sp³-hybridized carbons (Fsp3) is 0.148. The van der Waals surface area contributed by atoms with Gasteiger partial charge in [0.2, 0.25) is 0 Å². The molecule has 1 N–H and O–H groups in total. The van der Waals surface area contributed by atoms with Gasteiger partial charge in [0.15, 0.2) is 0 Å². The van der Waals surface area contributed by atoms with E-state index in [9.17, 15) is 9.90 Å². The zero-order chi connectivity index (χ0) is 21.6. The molecule has 0 amide bonds. The first-order valence-corrected chi connectivity index (χ1v) is 10.5. The Bertz CT molecular complexity index is 1200. The van der Waals surface area contributed by atoms with Gasteiger partial charge in [0, 0.05) is 23.3 Å². The average molecular weight is 412 g/mol. The highest BCUT2D eigenvalue weighted by Crippen LogP contribution is 2.28. The van der Waals surface area contributed by atoms with E-state index in [2.05, 4.69) is 47.2 Å². The molecule has 0 saturated heterocycles. The minimum absolute atomic E-state index is 0.246. The molecule has 4 aromatic rings. The lowest BCUT2D eigenvalue weighted by atomic mass is 10.0. The number of ether oxygens (including phenoxy) is 1. The number of aromatic hydroxyl groups is 1. The lowest BCUT2D eigenvalue weighted by Crippen LogP contribution is -1.98. The van der Waals surface area contributed by atoms with Crippen LogP contribution in [0.25, 0.3) is 22.7 Å². The van der Waals surface area contributed by atoms with Crippen molar-refractivity contribution in [2.24, 2.45) is 0 Å². The summed E-state index contributed by atoms with van der Waals surface area (Å²) in [6.07, 6.45) is 7.26. The van der Waals surface area contributed by atoms with Crippen molar-refractivity contribution in [3.8, 4) is 11.4 Å². The number of nitrogens with zero attached hydrogens (tertiary/aromatic N) is 1. The first-order chi connectivity index (χ1) is 15.1. The van der Waals surface area contributed by atoms with Gasteiger partial charge in [-0.3, -0.25) is 0 Å². The van der Waals surface area contributed by atoms with Crippen LogP contribution in [0.5, 0.6) is 5.75 Å². The van der Waals surface area contributed by atoms with Gasteiger partial charge in [-0.25, -0.2) is 4.79 Å². The van der Waals surface area contributed by atoms with E-state index < -0.39 is 0 Å². The zero-order valence-corrected chi connectivity index (χ0v) is 17.5. The molecule has 156 valence electrons. The maximum absolute atomic E-state index is 11.7. The minimum Gasteiger partial charge on any atom is -0.508 e. The Hall–Kier alpha value is -3.79. The van der Waals surface area contributed by atoms with E-state index in [1.807, 2.05) is 24.3 Å². The van der Waals surface area contributed by atoms with Crippen molar-refractivity contribution in [1.29, 1.82) is 0 Å². The Kier molecular flexibility index (Phi) is 6.18. The second-order valence-corrected chi connectivity index (χ2v) is 7.39. The molecular weight excluding hydrogens is 386 g/mol. The fourth-order valence-electron chi connectivity index (χ4n) is 3.72. The van der Waals surface area contributed by atoms with E-state index in [4.69, 9.17) is 4.74 Å². The number of hydrogen-bond donors (Lipinski definition) is 1. The van der Waals surface area contributed by atoms with Gasteiger partial charge in [0.1, 0.15) is 5.75 Å². The van der Waals surface area contributed by atoms with Gasteiger partial charge in [-0.15, -0.1) is 0 Å². The molecule has 0 bridgehead atoms. The summed E-state index contributed by atoms with van der Waals surface area (Å²) < 4.78 is 7.13. The van der Waals surface area contributed by atoms with Crippen LogP contribution in [-0.4, -0.2) is 22.2 Å². The number of carbonyl (C=O) groups excluding carboxylic acids is 1. The SMILES string of the molecule is CCOC(=O)C=Cc1ccc2c(c1)c(CCc1ccccc1)cn2-c1ccc(O)cc1. The van der Waals surface area contributed by atoms with E-state index in [-0.39, 0.29) is 11.7 Å². The number of phenolic OH excluding ortho intramolecular Hbond substituents is 1. The van der Waals surface area contributed by atoms with Crippen molar-refractivity contribution >= 4 is 22.9 Å². The maximum Gasteiger partial charge on any atom is 0.330 e. The molecule has 4 heteroatoms. The largest absolute Gasteiger partial charge is 0.508 e. The fourth-order valence-corrected chi connectivity index (χ4v) is 3.72. The topological polar surface area (TPSA) is 51.5 Å². The van der Waals surface area contributed by atoms with Gasteiger partial charge in [-0.1, -0.05) is 36.4 Å². The molecule has 3 aromatic carbocycles. The highest BCUT2D eigenvalue weighted by molar-refractivity contribution is 5.91. The van der Waals surface area contributed by atoms with E-state index in [0.717, 1.165) is 35.0 Å². The van der Waals surface area contributed by atoms with E-state index in [0.29, 0.717) is 6.61 Å². The number of rotatable bonds is 7. The molecule has 1 aromatic heterocycles. The molecule has 0 aliphatic rings. The van der Waals surface area contributed by atoms with Crippen molar-refractivity contribution in [1.82, 2.24) is 4.57 Å². The minimum atomic E-state index is -0.339. The summed E-state index contributed by atoms with van der Waals surface area (Å²) in [5.41, 5.74) is 5.56. The summed E-state index contributed by atoms with van der Waals surface area (Å²) in [5, 5.41) is 10.8. The molecule has 4 nitrogen and oxygen atoms in total. The Morgan fingerprint density at radius 2 is 1.77 bits per heavy atom. The Labute approximate surface area is 182 Å². The summed E-state index contributed by atoms with van der Waals surface area (Å²) in [6.45, 7) is 2.16. The molecule has 0 aliphatic heterocycles. The third-order valence-corrected chi connectivity index (χ3v) is 5.26. The number of esters is 1. The second-order valence-electron chi connectivity index (χ2n) is 7.39. The van der Waals surface area contributed by atoms with Crippen LogP contribution < -0.4 is 0 Å². The maximum atomic E-state index is 11.7. The number of aryl methyl sites for hydroxylation is 2. The summed E-state index contributed by atoms with van der Waals surface area (Å²) in [5.74, 6) is -0.0931. The predicted octanol–water partition coefficient (Wildman–Crippen LogP) is 5.70. The highest BCUT2D eigenvalue weighted by atomic mass is 16.5. The molecule has 31 heavy (non-hydrogen) atoms. The number of carbonyl (C=O) groups is 1. The smallest absolute Gasteiger partial charge is 0.330 e. The molecule has 0 atom stereocenters. The Morgan fingerprint density at radius 1 is 1.00 bits per heavy atom. The van der Waals surface area contributed by atoms with E-state index in [1.54, 1.807) is 25.1 Å². The van der Waals surface area contributed by atoms with Crippen LogP contribution >= 0.6 is 0 Å². The van der Waals surface area contributed by atoms with Crippen LogP contribution in [0.1, 0.15) is 23.6 Å². The predicted molar refractivity (Wildman–Crippen MR) is 124 cm³/mol. The first-order valence-electron chi connectivity index (χ1n) is 10.5. The van der Waals surface area contributed by atoms with Crippen LogP contribution in [0.4, 0.5) is 0 Å². The van der Waals surface area contributed by atoms with Crippen molar-refractivity contribution in [3.63, 3.8) is 0 Å². The summed E-state index contributed by atoms with van der Waals surface area (Å²) in [6, 6.07) is 23.8. The number of aromatic nitrogens is 1.